The van der Waals surface area contributed by atoms with E-state index in [0.29, 0.717) is 57.5 Å². The molecule has 0 unspecified atom stereocenters. The fourth-order valence-corrected chi connectivity index (χ4v) is 16.9. The summed E-state index contributed by atoms with van der Waals surface area (Å²) in [5, 5.41) is 6.36. The molecule has 24 aromatic rings. The summed E-state index contributed by atoms with van der Waals surface area (Å²) in [6, 6.07) is 143. The average Bonchev–Trinajstić information content (AvgIpc) is 1.59. The normalized spacial score (nSPS) is 11.5. The Labute approximate surface area is 723 Å². The Hall–Kier alpha value is -17.3. The summed E-state index contributed by atoms with van der Waals surface area (Å²) in [4.78, 5) is 53.6. The highest BCUT2D eigenvalue weighted by molar-refractivity contribution is 6.19. The van der Waals surface area contributed by atoms with Crippen LogP contribution in [-0.4, -0.2) is 54.8 Å². The second-order valence-corrected chi connectivity index (χ2v) is 31.2. The molecule has 588 valence electrons. The third-order valence-electron chi connectivity index (χ3n) is 23.4. The lowest BCUT2D eigenvalue weighted by Gasteiger charge is -2.11. The van der Waals surface area contributed by atoms with Gasteiger partial charge in [-0.25, -0.2) is 54.8 Å². The Kier molecular flexibility index (Phi) is 18.6. The maximum Gasteiger partial charge on any atom is 0.247 e. The number of furan rings is 2. The van der Waals surface area contributed by atoms with Gasteiger partial charge in [0, 0.05) is 39.6 Å². The average molecular weight is 1610 g/mol. The minimum Gasteiger partial charge on any atom is -0.436 e. The number of rotatable bonds is 14. The molecule has 13 nitrogen and oxygen atoms in total. The van der Waals surface area contributed by atoms with Gasteiger partial charge >= 0.3 is 0 Å². The fraction of sp³-hybridized carbons (Fsp3) is 0. The summed E-state index contributed by atoms with van der Waals surface area (Å²) >= 11 is 0. The first-order valence-corrected chi connectivity index (χ1v) is 41.8. The van der Waals surface area contributed by atoms with Gasteiger partial charge in [0.05, 0.1) is 21.8 Å². The first-order valence-electron chi connectivity index (χ1n) is 41.8. The molecule has 17 aromatic carbocycles. The molecule has 0 spiro atoms. The number of nitrogens with zero attached hydrogens (tertiary/aromatic N) is 11. The number of benzene rings is 17. The van der Waals surface area contributed by atoms with Gasteiger partial charge in [-0.15, -0.1) is 0 Å². The van der Waals surface area contributed by atoms with E-state index in [4.69, 9.17) is 53.7 Å². The van der Waals surface area contributed by atoms with E-state index >= 15 is 0 Å². The molecule has 7 aromatic heterocycles. The summed E-state index contributed by atoms with van der Waals surface area (Å²) < 4.78 is 12.3. The molecule has 0 aliphatic heterocycles. The van der Waals surface area contributed by atoms with E-state index in [0.717, 1.165) is 177 Å². The molecular weight excluding hydrogens is 1540 g/mol. The van der Waals surface area contributed by atoms with Crippen molar-refractivity contribution in [2.75, 3.05) is 0 Å². The minimum absolute atomic E-state index is 0.521. The van der Waals surface area contributed by atoms with Gasteiger partial charge < -0.3 is 8.83 Å². The van der Waals surface area contributed by atoms with E-state index in [9.17, 15) is 0 Å². The van der Waals surface area contributed by atoms with Crippen molar-refractivity contribution in [3.05, 3.63) is 419 Å². The number of aromatic nitrogens is 11. The van der Waals surface area contributed by atoms with Crippen LogP contribution in [0.3, 0.4) is 0 Å². The van der Waals surface area contributed by atoms with Gasteiger partial charge in [-0.2, -0.15) is 0 Å². The molecule has 0 saturated carbocycles. The van der Waals surface area contributed by atoms with E-state index in [1.807, 2.05) is 121 Å². The maximum absolute atomic E-state index is 6.16. The Balaban J connectivity index is 0.000000145. The zero-order chi connectivity index (χ0) is 83.4. The van der Waals surface area contributed by atoms with Gasteiger partial charge in [0.15, 0.2) is 40.6 Å². The summed E-state index contributed by atoms with van der Waals surface area (Å²) in [6.07, 6.45) is 1.74. The zero-order valence-electron chi connectivity index (χ0n) is 67.6. The number of hydrogen-bond acceptors (Lipinski definition) is 13. The quantitative estimate of drug-likeness (QED) is 0.101. The predicted molar refractivity (Wildman–Crippen MR) is 509 cm³/mol. The van der Waals surface area contributed by atoms with E-state index in [1.165, 1.54) is 11.1 Å². The van der Waals surface area contributed by atoms with Gasteiger partial charge in [-0.1, -0.05) is 352 Å². The van der Waals surface area contributed by atoms with Crippen molar-refractivity contribution in [1.29, 1.82) is 0 Å². The first kappa shape index (κ1) is 73.8. The number of pyridine rings is 1. The molecule has 0 N–H and O–H groups in total. The van der Waals surface area contributed by atoms with Crippen LogP contribution in [0.1, 0.15) is 0 Å². The van der Waals surface area contributed by atoms with Crippen LogP contribution in [0, 0.1) is 0 Å². The van der Waals surface area contributed by atoms with Crippen LogP contribution < -0.4 is 0 Å². The van der Waals surface area contributed by atoms with Crippen molar-refractivity contribution < 1.29 is 8.83 Å². The molecule has 0 atom stereocenters. The standard InChI is InChI=1S/C57H35N5O.C56H34N6O/c1-3-10-36(11-4-1)37-26-28-43(29-27-37)55-60-54(42-12-5-2-6-13-42)61-56(62-55)47-15-9-14-44(35-47)40-22-18-38(19-23-40)39-20-24-41(25-21-39)45-30-32-48-46(34-45)31-33-51-52(48)53-57(63-51)59-50-17-8-7-16-49(50)58-53;1-3-9-35(10-4-1)36-24-26-42(27-25-36)53-60-52(41-11-5-2-6-12-41)61-54(62-53)46-14-7-13-43(34-46)39-20-16-37(17-21-39)38-18-22-40(23-19-38)44-28-30-47-45(33-44)29-31-49-50(47)51-56(63-49)58-48-15-8-32-57-55(48)59-51/h1-35H;1-34H. The fourth-order valence-electron chi connectivity index (χ4n) is 16.9. The molecule has 0 amide bonds. The molecule has 0 aliphatic rings. The summed E-state index contributed by atoms with van der Waals surface area (Å²) in [7, 11) is 0. The van der Waals surface area contributed by atoms with Crippen LogP contribution in [0.15, 0.2) is 428 Å². The maximum atomic E-state index is 6.16. The number of para-hydroxylation sites is 2. The monoisotopic (exact) mass is 1610 g/mol. The van der Waals surface area contributed by atoms with E-state index in [1.54, 1.807) is 6.20 Å². The molecule has 0 saturated heterocycles. The Bertz CT molecular complexity index is 7780. The predicted octanol–water partition coefficient (Wildman–Crippen LogP) is 28.5. The third kappa shape index (κ3) is 14.3. The molecule has 24 rings (SSSR count). The van der Waals surface area contributed by atoms with Gasteiger partial charge in [-0.3, -0.25) is 0 Å². The Morgan fingerprint density at radius 2 is 0.429 bits per heavy atom. The van der Waals surface area contributed by atoms with Gasteiger partial charge in [0.25, 0.3) is 0 Å². The van der Waals surface area contributed by atoms with E-state index < -0.39 is 0 Å². The molecule has 0 aliphatic carbocycles. The zero-order valence-corrected chi connectivity index (χ0v) is 67.6. The first-order chi connectivity index (χ1) is 62.3. The summed E-state index contributed by atoms with van der Waals surface area (Å²) in [5.74, 6) is 3.79. The molecule has 0 bridgehead atoms. The Morgan fingerprint density at radius 3 is 0.810 bits per heavy atom. The lowest BCUT2D eigenvalue weighted by Crippen LogP contribution is -2.00. The molecule has 126 heavy (non-hydrogen) atoms. The van der Waals surface area contributed by atoms with Gasteiger partial charge in [0.2, 0.25) is 11.4 Å². The van der Waals surface area contributed by atoms with Crippen molar-refractivity contribution in [3.8, 4) is 157 Å². The second-order valence-electron chi connectivity index (χ2n) is 31.2. The van der Waals surface area contributed by atoms with Crippen molar-refractivity contribution in [3.63, 3.8) is 0 Å². The molecule has 7 heterocycles. The third-order valence-corrected chi connectivity index (χ3v) is 23.4. The summed E-state index contributed by atoms with van der Waals surface area (Å²) in [6.45, 7) is 0. The van der Waals surface area contributed by atoms with Crippen LogP contribution in [-0.2, 0) is 0 Å². The highest BCUT2D eigenvalue weighted by Gasteiger charge is 2.21. The molecular formula is C113H69N11O2. The van der Waals surface area contributed by atoms with Crippen LogP contribution in [0.4, 0.5) is 0 Å². The SMILES string of the molecule is c1ccc(-c2ccc(-c3nc(-c4ccccc4)nc(-c4cccc(-c5ccc(-c6ccc(-c7ccc8c(ccc9oc%10nc%11ccccc%11nc%10c98)c7)cc6)cc5)c4)n3)cc2)cc1.c1ccc(-c2ccc(-c3nc(-c4ccccc4)nc(-c4cccc(-c5ccc(-c6ccc(-c7ccc8c(ccc9oc%10nc%11cccnc%11nc%10c98)c7)cc6)cc5)c4)n3)cc2)cc1. The molecule has 13 heteroatoms. The van der Waals surface area contributed by atoms with Crippen molar-refractivity contribution in [2.24, 2.45) is 0 Å². The molecule has 0 radical (unpaired) electrons. The molecule has 0 fully saturated rings. The topological polar surface area (TPSA) is 168 Å². The lowest BCUT2D eigenvalue weighted by molar-refractivity contribution is 0.655. The van der Waals surface area contributed by atoms with Gasteiger partial charge in [0.1, 0.15) is 27.7 Å². The summed E-state index contributed by atoms with van der Waals surface area (Å²) in [5.41, 5.74) is 30.9. The van der Waals surface area contributed by atoms with Crippen LogP contribution in [0.5, 0.6) is 0 Å². The van der Waals surface area contributed by atoms with Crippen molar-refractivity contribution in [1.82, 2.24) is 54.8 Å². The highest BCUT2D eigenvalue weighted by Crippen LogP contribution is 2.41. The van der Waals surface area contributed by atoms with Crippen molar-refractivity contribution in [2.45, 2.75) is 0 Å². The van der Waals surface area contributed by atoms with Crippen LogP contribution >= 0.6 is 0 Å². The van der Waals surface area contributed by atoms with Crippen LogP contribution in [0.25, 0.3) is 245 Å². The minimum atomic E-state index is 0.521. The number of hydrogen-bond donors (Lipinski definition) is 0. The largest absolute Gasteiger partial charge is 0.436 e. The number of fused-ring (bicyclic) bond motifs is 12. The van der Waals surface area contributed by atoms with E-state index in [2.05, 4.69) is 301 Å². The highest BCUT2D eigenvalue weighted by atomic mass is 16.3. The van der Waals surface area contributed by atoms with Crippen molar-refractivity contribution >= 4 is 88.1 Å². The lowest BCUT2D eigenvalue weighted by atomic mass is 9.96. The van der Waals surface area contributed by atoms with Gasteiger partial charge in [-0.05, 0) is 171 Å². The smallest absolute Gasteiger partial charge is 0.247 e. The Morgan fingerprint density at radius 1 is 0.167 bits per heavy atom. The van der Waals surface area contributed by atoms with Crippen LogP contribution in [0.2, 0.25) is 0 Å². The van der Waals surface area contributed by atoms with E-state index in [-0.39, 0.29) is 0 Å². The second kappa shape index (κ2) is 31.7.